The molecule has 0 spiro atoms. The minimum atomic E-state index is -5.90. The maximum absolute atomic E-state index is 12.5. The summed E-state index contributed by atoms with van der Waals surface area (Å²) in [6.45, 7) is 9.15. The third-order valence-electron chi connectivity index (χ3n) is 3.06. The number of alkyl halides is 3. The van der Waals surface area contributed by atoms with E-state index in [1.165, 1.54) is 0 Å². The van der Waals surface area contributed by atoms with E-state index in [9.17, 15) is 31.2 Å². The largest absolute Gasteiger partial charge is 0.534 e. The highest BCUT2D eigenvalue weighted by Crippen LogP contribution is 2.30. The van der Waals surface area contributed by atoms with E-state index in [0.717, 1.165) is 11.0 Å². The van der Waals surface area contributed by atoms with Crippen molar-refractivity contribution in [3.8, 4) is 0 Å². The first-order chi connectivity index (χ1) is 12.3. The fraction of sp³-hybridized carbons (Fsp3) is 0.750. The van der Waals surface area contributed by atoms with Crippen molar-refractivity contribution >= 4 is 22.2 Å². The van der Waals surface area contributed by atoms with Crippen molar-refractivity contribution in [1.82, 2.24) is 4.90 Å². The summed E-state index contributed by atoms with van der Waals surface area (Å²) in [4.78, 5) is 25.8. The molecule has 1 aliphatic rings. The Kier molecular flexibility index (Phi) is 6.70. The van der Waals surface area contributed by atoms with Crippen molar-refractivity contribution in [3.63, 3.8) is 0 Å². The number of hydrogen-bond donors (Lipinski definition) is 0. The number of esters is 1. The first kappa shape index (κ1) is 24.1. The SMILES string of the molecule is CC(C)(C)OC(=O)[C@H]1C=C(OS(=O)(=O)C(F)(F)F)CCN1C(=O)OC(C)(C)C. The van der Waals surface area contributed by atoms with Crippen molar-refractivity contribution < 1.29 is 44.8 Å². The minimum Gasteiger partial charge on any atom is -0.458 e. The molecule has 1 rings (SSSR count). The molecule has 0 bridgehead atoms. The van der Waals surface area contributed by atoms with Gasteiger partial charge >= 0.3 is 27.7 Å². The lowest BCUT2D eigenvalue weighted by Gasteiger charge is -2.35. The zero-order chi connectivity index (χ0) is 22.1. The molecule has 28 heavy (non-hydrogen) atoms. The summed E-state index contributed by atoms with van der Waals surface area (Å²) in [6, 6.07) is -1.51. The van der Waals surface area contributed by atoms with Crippen LogP contribution in [0.5, 0.6) is 0 Å². The predicted molar refractivity (Wildman–Crippen MR) is 91.3 cm³/mol. The van der Waals surface area contributed by atoms with Gasteiger partial charge in [-0.15, -0.1) is 0 Å². The monoisotopic (exact) mass is 431 g/mol. The molecule has 1 heterocycles. The molecule has 8 nitrogen and oxygen atoms in total. The molecule has 1 aliphatic heterocycles. The smallest absolute Gasteiger partial charge is 0.458 e. The fourth-order valence-electron chi connectivity index (χ4n) is 2.06. The number of ether oxygens (including phenoxy) is 2. The van der Waals surface area contributed by atoms with Crippen LogP contribution >= 0.6 is 0 Å². The maximum Gasteiger partial charge on any atom is 0.534 e. The molecule has 0 radical (unpaired) electrons. The number of halogens is 3. The van der Waals surface area contributed by atoms with Crippen LogP contribution in [0, 0.1) is 0 Å². The Morgan fingerprint density at radius 3 is 1.96 bits per heavy atom. The van der Waals surface area contributed by atoms with Gasteiger partial charge in [-0.1, -0.05) is 0 Å². The van der Waals surface area contributed by atoms with Crippen molar-refractivity contribution in [1.29, 1.82) is 0 Å². The molecule has 1 amide bonds. The fourth-order valence-corrected chi connectivity index (χ4v) is 2.57. The summed E-state index contributed by atoms with van der Waals surface area (Å²) in [7, 11) is -5.90. The number of rotatable bonds is 3. The molecule has 0 aliphatic carbocycles. The standard InChI is InChI=1S/C16H24F3NO7S/c1-14(2,3)25-12(21)11-9-10(27-28(23,24)16(17,18)19)7-8-20(11)13(22)26-15(4,5)6/h9,11H,7-8H2,1-6H3/t11-/m1/s1. The van der Waals surface area contributed by atoms with Gasteiger partial charge in [-0.05, 0) is 47.6 Å². The van der Waals surface area contributed by atoms with Gasteiger partial charge in [-0.25, -0.2) is 9.59 Å². The van der Waals surface area contributed by atoms with Gasteiger partial charge < -0.3 is 13.7 Å². The first-order valence-electron chi connectivity index (χ1n) is 8.26. The van der Waals surface area contributed by atoms with Gasteiger partial charge in [0.1, 0.15) is 17.0 Å². The molecule has 1 atom stereocenters. The van der Waals surface area contributed by atoms with Crippen LogP contribution < -0.4 is 0 Å². The van der Waals surface area contributed by atoms with Crippen LogP contribution in [0.1, 0.15) is 48.0 Å². The van der Waals surface area contributed by atoms with E-state index in [-0.39, 0.29) is 13.0 Å². The van der Waals surface area contributed by atoms with Gasteiger partial charge in [0.25, 0.3) is 0 Å². The lowest BCUT2D eigenvalue weighted by Crippen LogP contribution is -2.50. The highest BCUT2D eigenvalue weighted by atomic mass is 32.2. The van der Waals surface area contributed by atoms with Crippen LogP contribution in [0.15, 0.2) is 11.8 Å². The molecule has 0 aromatic rings. The van der Waals surface area contributed by atoms with E-state index in [0.29, 0.717) is 0 Å². The lowest BCUT2D eigenvalue weighted by molar-refractivity contribution is -0.159. The molecule has 0 unspecified atom stereocenters. The van der Waals surface area contributed by atoms with Crippen LogP contribution in [-0.2, 0) is 28.6 Å². The average molecular weight is 431 g/mol. The van der Waals surface area contributed by atoms with Crippen LogP contribution in [0.4, 0.5) is 18.0 Å². The van der Waals surface area contributed by atoms with E-state index in [4.69, 9.17) is 9.47 Å². The third kappa shape index (κ3) is 6.88. The Balaban J connectivity index is 3.21. The number of carbonyl (C=O) groups is 2. The topological polar surface area (TPSA) is 99.2 Å². The Hall–Kier alpha value is -1.98. The average Bonchev–Trinajstić information content (AvgIpc) is 2.41. The van der Waals surface area contributed by atoms with Crippen molar-refractivity contribution in [3.05, 3.63) is 11.8 Å². The summed E-state index contributed by atoms with van der Waals surface area (Å²) in [5, 5.41) is 0. The molecule has 0 aromatic heterocycles. The predicted octanol–water partition coefficient (Wildman–Crippen LogP) is 3.09. The molecule has 0 fully saturated rings. The molecular formula is C16H24F3NO7S. The van der Waals surface area contributed by atoms with Gasteiger partial charge in [0.2, 0.25) is 0 Å². The van der Waals surface area contributed by atoms with Gasteiger partial charge in [0.05, 0.1) is 0 Å². The molecule has 12 heteroatoms. The number of nitrogens with zero attached hydrogens (tertiary/aromatic N) is 1. The van der Waals surface area contributed by atoms with Crippen molar-refractivity contribution in [2.75, 3.05) is 6.54 Å². The Morgan fingerprint density at radius 1 is 1.04 bits per heavy atom. The second-order valence-electron chi connectivity index (χ2n) is 8.02. The molecule has 0 N–H and O–H groups in total. The third-order valence-corrected chi connectivity index (χ3v) is 4.06. The van der Waals surface area contributed by atoms with E-state index >= 15 is 0 Å². The summed E-state index contributed by atoms with van der Waals surface area (Å²) in [6.07, 6.45) is -0.462. The Bertz CT molecular complexity index is 746. The Morgan fingerprint density at radius 2 is 1.54 bits per heavy atom. The lowest BCUT2D eigenvalue weighted by atomic mass is 10.1. The van der Waals surface area contributed by atoms with Gasteiger partial charge in [0, 0.05) is 13.0 Å². The van der Waals surface area contributed by atoms with Crippen LogP contribution in [0.3, 0.4) is 0 Å². The summed E-state index contributed by atoms with van der Waals surface area (Å²) in [5.74, 6) is -1.59. The van der Waals surface area contributed by atoms with Gasteiger partial charge in [0.15, 0.2) is 6.04 Å². The second kappa shape index (κ2) is 7.80. The maximum atomic E-state index is 12.5. The summed E-state index contributed by atoms with van der Waals surface area (Å²) >= 11 is 0. The highest BCUT2D eigenvalue weighted by Gasteiger charge is 2.49. The zero-order valence-corrected chi connectivity index (χ0v) is 17.2. The minimum absolute atomic E-state index is 0.308. The summed E-state index contributed by atoms with van der Waals surface area (Å²) in [5.41, 5.74) is -7.48. The number of carbonyl (C=O) groups excluding carboxylic acids is 2. The van der Waals surface area contributed by atoms with E-state index in [1.54, 1.807) is 41.5 Å². The first-order valence-corrected chi connectivity index (χ1v) is 9.67. The summed E-state index contributed by atoms with van der Waals surface area (Å²) < 4.78 is 74.5. The molecular weight excluding hydrogens is 407 g/mol. The van der Waals surface area contributed by atoms with Crippen LogP contribution in [-0.4, -0.2) is 54.7 Å². The van der Waals surface area contributed by atoms with Crippen LogP contribution in [0.2, 0.25) is 0 Å². The molecule has 162 valence electrons. The molecule has 0 aromatic carbocycles. The molecule has 0 saturated heterocycles. The van der Waals surface area contributed by atoms with E-state index in [2.05, 4.69) is 4.18 Å². The quantitative estimate of drug-likeness (QED) is 0.385. The van der Waals surface area contributed by atoms with E-state index < -0.39 is 50.7 Å². The molecule has 0 saturated carbocycles. The van der Waals surface area contributed by atoms with Crippen molar-refractivity contribution in [2.24, 2.45) is 0 Å². The highest BCUT2D eigenvalue weighted by molar-refractivity contribution is 7.87. The van der Waals surface area contributed by atoms with Crippen LogP contribution in [0.25, 0.3) is 0 Å². The van der Waals surface area contributed by atoms with Crippen molar-refractivity contribution in [2.45, 2.75) is 70.7 Å². The van der Waals surface area contributed by atoms with Gasteiger partial charge in [-0.2, -0.15) is 21.6 Å². The normalized spacial score (nSPS) is 19.0. The zero-order valence-electron chi connectivity index (χ0n) is 16.4. The van der Waals surface area contributed by atoms with E-state index in [1.807, 2.05) is 0 Å². The second-order valence-corrected chi connectivity index (χ2v) is 9.56. The number of amides is 1. The van der Waals surface area contributed by atoms with Gasteiger partial charge in [-0.3, -0.25) is 4.90 Å². The number of hydrogen-bond acceptors (Lipinski definition) is 7. The Labute approximate surface area is 161 Å².